The molecule has 1 heterocycles. The van der Waals surface area contributed by atoms with Gasteiger partial charge in [0.15, 0.2) is 0 Å². The first kappa shape index (κ1) is 22.2. The molecule has 3 aromatic carbocycles. The quantitative estimate of drug-likeness (QED) is 0.462. The van der Waals surface area contributed by atoms with Gasteiger partial charge < -0.3 is 0 Å². The van der Waals surface area contributed by atoms with E-state index in [-0.39, 0.29) is 16.4 Å². The van der Waals surface area contributed by atoms with Crippen molar-refractivity contribution in [1.29, 1.82) is 0 Å². The standard InChI is InChI=1S/C23H22FN3O3S2/c1-14-5-6-15(2)22(11-14)32(29,30)25-18-12-19-20(27(4)23(28)26(19)3)13-21(18)31-17-9-7-16(24)8-10-17/h5-13,25H,1-4H3. The minimum Gasteiger partial charge on any atom is -0.295 e. The lowest BCUT2D eigenvalue weighted by atomic mass is 10.2. The number of benzene rings is 3. The Morgan fingerprint density at radius 2 is 1.53 bits per heavy atom. The van der Waals surface area contributed by atoms with E-state index in [1.165, 1.54) is 33.0 Å². The SMILES string of the molecule is Cc1ccc(C)c(S(=O)(=O)Nc2cc3c(cc2Sc2ccc(F)cc2)n(C)c(=O)n3C)c1. The molecule has 0 aliphatic carbocycles. The van der Waals surface area contributed by atoms with E-state index < -0.39 is 10.0 Å². The van der Waals surface area contributed by atoms with Crippen molar-refractivity contribution in [3.8, 4) is 0 Å². The molecule has 0 aliphatic rings. The van der Waals surface area contributed by atoms with Gasteiger partial charge in [-0.25, -0.2) is 17.6 Å². The zero-order valence-electron chi connectivity index (χ0n) is 18.0. The average molecular weight is 472 g/mol. The molecular formula is C23H22FN3O3S2. The normalized spacial score (nSPS) is 11.8. The summed E-state index contributed by atoms with van der Waals surface area (Å²) in [6.07, 6.45) is 0. The molecule has 0 atom stereocenters. The number of aryl methyl sites for hydroxylation is 4. The van der Waals surface area contributed by atoms with Crippen LogP contribution in [0.1, 0.15) is 11.1 Å². The Hall–Kier alpha value is -3.04. The van der Waals surface area contributed by atoms with E-state index in [0.29, 0.717) is 27.2 Å². The molecule has 0 amide bonds. The molecule has 0 saturated heterocycles. The minimum absolute atomic E-state index is 0.192. The van der Waals surface area contributed by atoms with Crippen LogP contribution in [-0.2, 0) is 24.1 Å². The van der Waals surface area contributed by atoms with E-state index in [9.17, 15) is 17.6 Å². The Morgan fingerprint density at radius 3 is 2.19 bits per heavy atom. The van der Waals surface area contributed by atoms with Gasteiger partial charge in [0.05, 0.1) is 21.6 Å². The summed E-state index contributed by atoms with van der Waals surface area (Å²) in [5.74, 6) is -0.355. The summed E-state index contributed by atoms with van der Waals surface area (Å²) in [5, 5.41) is 0. The van der Waals surface area contributed by atoms with Crippen molar-refractivity contribution < 1.29 is 12.8 Å². The molecule has 166 valence electrons. The van der Waals surface area contributed by atoms with Crippen molar-refractivity contribution in [3.05, 3.63) is 82.0 Å². The monoisotopic (exact) mass is 471 g/mol. The van der Waals surface area contributed by atoms with Crippen LogP contribution in [0.25, 0.3) is 11.0 Å². The number of fused-ring (bicyclic) bond motifs is 1. The number of nitrogens with zero attached hydrogens (tertiary/aromatic N) is 2. The summed E-state index contributed by atoms with van der Waals surface area (Å²) in [7, 11) is -0.587. The third kappa shape index (κ3) is 4.05. The molecule has 0 unspecified atom stereocenters. The lowest BCUT2D eigenvalue weighted by Crippen LogP contribution is -2.19. The fourth-order valence-corrected chi connectivity index (χ4v) is 5.90. The number of anilines is 1. The molecule has 0 radical (unpaired) electrons. The number of rotatable bonds is 5. The van der Waals surface area contributed by atoms with Gasteiger partial charge in [0.2, 0.25) is 0 Å². The van der Waals surface area contributed by atoms with Gasteiger partial charge in [-0.15, -0.1) is 0 Å². The van der Waals surface area contributed by atoms with Crippen LogP contribution in [-0.4, -0.2) is 17.6 Å². The topological polar surface area (TPSA) is 73.1 Å². The summed E-state index contributed by atoms with van der Waals surface area (Å²) < 4.78 is 45.6. The van der Waals surface area contributed by atoms with Gasteiger partial charge >= 0.3 is 5.69 Å². The molecule has 0 spiro atoms. The third-order valence-electron chi connectivity index (χ3n) is 5.29. The first-order valence-corrected chi connectivity index (χ1v) is 12.1. The molecule has 6 nitrogen and oxygen atoms in total. The van der Waals surface area contributed by atoms with Gasteiger partial charge in [-0.2, -0.15) is 0 Å². The van der Waals surface area contributed by atoms with Crippen LogP contribution >= 0.6 is 11.8 Å². The zero-order chi connectivity index (χ0) is 23.2. The maximum atomic E-state index is 13.4. The summed E-state index contributed by atoms with van der Waals surface area (Å²) in [6.45, 7) is 3.58. The molecule has 0 saturated carbocycles. The van der Waals surface area contributed by atoms with Crippen molar-refractivity contribution >= 4 is 38.5 Å². The minimum atomic E-state index is -3.89. The van der Waals surface area contributed by atoms with Gasteiger partial charge in [0.25, 0.3) is 10.0 Å². The number of nitrogens with one attached hydrogen (secondary N) is 1. The van der Waals surface area contributed by atoms with Crippen LogP contribution < -0.4 is 10.4 Å². The second-order valence-electron chi connectivity index (χ2n) is 7.67. The Balaban J connectivity index is 1.87. The van der Waals surface area contributed by atoms with Gasteiger partial charge in [0, 0.05) is 23.9 Å². The zero-order valence-corrected chi connectivity index (χ0v) is 19.6. The van der Waals surface area contributed by atoms with E-state index in [4.69, 9.17) is 0 Å². The van der Waals surface area contributed by atoms with Crippen molar-refractivity contribution in [2.75, 3.05) is 4.72 Å². The van der Waals surface area contributed by atoms with Gasteiger partial charge in [-0.1, -0.05) is 23.9 Å². The van der Waals surface area contributed by atoms with Gasteiger partial charge in [-0.3, -0.25) is 13.9 Å². The first-order valence-electron chi connectivity index (χ1n) is 9.80. The highest BCUT2D eigenvalue weighted by Crippen LogP contribution is 2.37. The molecule has 1 aromatic heterocycles. The molecule has 0 aliphatic heterocycles. The Morgan fingerprint density at radius 1 is 0.906 bits per heavy atom. The van der Waals surface area contributed by atoms with Crippen molar-refractivity contribution in [2.24, 2.45) is 14.1 Å². The Labute approximate surface area is 189 Å². The first-order chi connectivity index (χ1) is 15.1. The summed E-state index contributed by atoms with van der Waals surface area (Å²) in [5.41, 5.74) is 2.85. The second-order valence-corrected chi connectivity index (χ2v) is 10.4. The van der Waals surface area contributed by atoms with Crippen LogP contribution in [0.15, 0.2) is 74.1 Å². The largest absolute Gasteiger partial charge is 0.328 e. The average Bonchev–Trinajstić information content (AvgIpc) is 2.95. The fourth-order valence-electron chi connectivity index (χ4n) is 3.52. The molecule has 32 heavy (non-hydrogen) atoms. The number of sulfonamides is 1. The lowest BCUT2D eigenvalue weighted by Gasteiger charge is -2.15. The predicted molar refractivity (Wildman–Crippen MR) is 125 cm³/mol. The predicted octanol–water partition coefficient (Wildman–Crippen LogP) is 4.58. The van der Waals surface area contributed by atoms with Crippen molar-refractivity contribution in [3.63, 3.8) is 0 Å². The van der Waals surface area contributed by atoms with E-state index >= 15 is 0 Å². The maximum Gasteiger partial charge on any atom is 0.328 e. The van der Waals surface area contributed by atoms with Crippen molar-refractivity contribution in [1.82, 2.24) is 9.13 Å². The Bertz CT molecular complexity index is 1500. The van der Waals surface area contributed by atoms with Crippen LogP contribution in [0.2, 0.25) is 0 Å². The highest BCUT2D eigenvalue weighted by molar-refractivity contribution is 7.99. The Kier molecular flexibility index (Phi) is 5.64. The van der Waals surface area contributed by atoms with E-state index in [2.05, 4.69) is 4.72 Å². The molecule has 0 bridgehead atoms. The fraction of sp³-hybridized carbons (Fsp3) is 0.174. The highest BCUT2D eigenvalue weighted by atomic mass is 32.2. The van der Waals surface area contributed by atoms with Crippen LogP contribution in [0.4, 0.5) is 10.1 Å². The maximum absolute atomic E-state index is 13.4. The second kappa shape index (κ2) is 8.14. The number of aromatic nitrogens is 2. The van der Waals surface area contributed by atoms with Crippen LogP contribution in [0.5, 0.6) is 0 Å². The van der Waals surface area contributed by atoms with Crippen molar-refractivity contribution in [2.45, 2.75) is 28.5 Å². The summed E-state index contributed by atoms with van der Waals surface area (Å²) >= 11 is 1.29. The molecule has 4 rings (SSSR count). The van der Waals surface area contributed by atoms with Gasteiger partial charge in [0.1, 0.15) is 5.82 Å². The van der Waals surface area contributed by atoms with E-state index in [1.54, 1.807) is 57.4 Å². The molecule has 1 N–H and O–H groups in total. The van der Waals surface area contributed by atoms with E-state index in [1.807, 2.05) is 13.0 Å². The number of halogens is 1. The molecular weight excluding hydrogens is 449 g/mol. The molecule has 0 fully saturated rings. The number of hydrogen-bond donors (Lipinski definition) is 1. The molecule has 4 aromatic rings. The smallest absolute Gasteiger partial charge is 0.295 e. The van der Waals surface area contributed by atoms with Gasteiger partial charge in [-0.05, 0) is 67.4 Å². The summed E-state index contributed by atoms with van der Waals surface area (Å²) in [6, 6.07) is 14.6. The lowest BCUT2D eigenvalue weighted by molar-refractivity contribution is 0.600. The highest BCUT2D eigenvalue weighted by Gasteiger charge is 2.21. The summed E-state index contributed by atoms with van der Waals surface area (Å²) in [4.78, 5) is 14.0. The molecule has 9 heteroatoms. The number of imidazole rings is 1. The van der Waals surface area contributed by atoms with E-state index in [0.717, 1.165) is 10.5 Å². The number of hydrogen-bond acceptors (Lipinski definition) is 4. The van der Waals surface area contributed by atoms with Crippen LogP contribution in [0, 0.1) is 19.7 Å². The third-order valence-corrected chi connectivity index (χ3v) is 7.87. The van der Waals surface area contributed by atoms with Crippen LogP contribution in [0.3, 0.4) is 0 Å².